The van der Waals surface area contributed by atoms with Crippen molar-refractivity contribution in [1.82, 2.24) is 9.78 Å². The van der Waals surface area contributed by atoms with Gasteiger partial charge in [0.15, 0.2) is 9.84 Å². The van der Waals surface area contributed by atoms with Crippen molar-refractivity contribution in [3.05, 3.63) is 41.2 Å². The van der Waals surface area contributed by atoms with E-state index >= 15 is 0 Å². The summed E-state index contributed by atoms with van der Waals surface area (Å²) in [6.45, 7) is 0. The standard InChI is InChI=1S/C11H12ClN3O2S/c1-15-5-4-8(14-15)7-18(16,17)9-2-3-11(13)10(12)6-9/h2-6H,7,13H2,1H3. The summed E-state index contributed by atoms with van der Waals surface area (Å²) in [6.07, 6.45) is 1.70. The lowest BCUT2D eigenvalue weighted by Gasteiger charge is -2.04. The summed E-state index contributed by atoms with van der Waals surface area (Å²) in [5.74, 6) is -0.159. The lowest BCUT2D eigenvalue weighted by molar-refractivity contribution is 0.594. The number of nitrogens with two attached hydrogens (primary N) is 1. The maximum atomic E-state index is 12.1. The molecule has 0 unspecified atom stereocenters. The van der Waals surface area contributed by atoms with Crippen LogP contribution < -0.4 is 5.73 Å². The second kappa shape index (κ2) is 4.62. The van der Waals surface area contributed by atoms with Crippen molar-refractivity contribution < 1.29 is 8.42 Å². The van der Waals surface area contributed by atoms with Crippen LogP contribution in [-0.4, -0.2) is 18.2 Å². The molecule has 1 aromatic heterocycles. The third kappa shape index (κ3) is 2.65. The number of nitrogens with zero attached hydrogens (tertiary/aromatic N) is 2. The first-order valence-electron chi connectivity index (χ1n) is 5.15. The number of rotatable bonds is 3. The van der Waals surface area contributed by atoms with E-state index in [0.29, 0.717) is 11.4 Å². The van der Waals surface area contributed by atoms with Crippen LogP contribution in [-0.2, 0) is 22.6 Å². The van der Waals surface area contributed by atoms with E-state index in [-0.39, 0.29) is 15.7 Å². The smallest absolute Gasteiger partial charge is 0.184 e. The van der Waals surface area contributed by atoms with Crippen LogP contribution in [0.5, 0.6) is 0 Å². The highest BCUT2D eigenvalue weighted by atomic mass is 35.5. The van der Waals surface area contributed by atoms with Gasteiger partial charge in [0.25, 0.3) is 0 Å². The van der Waals surface area contributed by atoms with Crippen LogP contribution in [0.2, 0.25) is 5.02 Å². The second-order valence-electron chi connectivity index (χ2n) is 3.92. The number of nitrogen functional groups attached to an aromatic ring is 1. The maximum absolute atomic E-state index is 12.1. The van der Waals surface area contributed by atoms with Crippen molar-refractivity contribution in [3.8, 4) is 0 Å². The molecule has 0 aliphatic carbocycles. The van der Waals surface area contributed by atoms with Crippen LogP contribution in [0.1, 0.15) is 5.69 Å². The summed E-state index contributed by atoms with van der Waals surface area (Å²) < 4.78 is 25.8. The zero-order chi connectivity index (χ0) is 13.3. The zero-order valence-corrected chi connectivity index (χ0v) is 11.2. The van der Waals surface area contributed by atoms with Crippen LogP contribution in [0.3, 0.4) is 0 Å². The maximum Gasteiger partial charge on any atom is 0.184 e. The van der Waals surface area contributed by atoms with Gasteiger partial charge in [-0.3, -0.25) is 4.68 Å². The van der Waals surface area contributed by atoms with Gasteiger partial charge in [0.1, 0.15) is 0 Å². The van der Waals surface area contributed by atoms with Crippen molar-refractivity contribution in [2.75, 3.05) is 5.73 Å². The quantitative estimate of drug-likeness (QED) is 0.870. The predicted molar refractivity (Wildman–Crippen MR) is 70.0 cm³/mol. The monoisotopic (exact) mass is 285 g/mol. The number of aryl methyl sites for hydroxylation is 1. The Bertz CT molecular complexity index is 679. The molecule has 0 aliphatic heterocycles. The Labute approximate surface area is 110 Å². The van der Waals surface area contributed by atoms with E-state index in [2.05, 4.69) is 5.10 Å². The number of hydrogen-bond donors (Lipinski definition) is 1. The molecule has 0 spiro atoms. The highest BCUT2D eigenvalue weighted by Crippen LogP contribution is 2.24. The van der Waals surface area contributed by atoms with Crippen LogP contribution >= 0.6 is 11.6 Å². The van der Waals surface area contributed by atoms with Crippen LogP contribution in [0.4, 0.5) is 5.69 Å². The van der Waals surface area contributed by atoms with Crippen LogP contribution in [0, 0.1) is 0 Å². The molecule has 0 atom stereocenters. The Hall–Kier alpha value is -1.53. The first-order chi connectivity index (χ1) is 8.38. The van der Waals surface area contributed by atoms with E-state index in [0.717, 1.165) is 0 Å². The topological polar surface area (TPSA) is 78.0 Å². The molecule has 1 heterocycles. The number of sulfone groups is 1. The molecule has 0 saturated heterocycles. The fourth-order valence-electron chi connectivity index (χ4n) is 1.52. The first-order valence-corrected chi connectivity index (χ1v) is 7.18. The van der Waals surface area contributed by atoms with E-state index in [1.54, 1.807) is 24.0 Å². The molecule has 2 N–H and O–H groups in total. The third-order valence-electron chi connectivity index (χ3n) is 2.44. The molecule has 96 valence electrons. The number of hydrogen-bond acceptors (Lipinski definition) is 4. The van der Waals surface area contributed by atoms with Gasteiger partial charge in [0.2, 0.25) is 0 Å². The Morgan fingerprint density at radius 2 is 2.11 bits per heavy atom. The number of anilines is 1. The molecule has 0 saturated carbocycles. The minimum absolute atomic E-state index is 0.146. The van der Waals surface area contributed by atoms with Crippen molar-refractivity contribution in [2.24, 2.45) is 7.05 Å². The Balaban J connectivity index is 2.33. The Kier molecular flexibility index (Phi) is 3.32. The minimum atomic E-state index is -3.46. The molecule has 2 aromatic rings. The summed E-state index contributed by atoms with van der Waals surface area (Å²) >= 11 is 5.82. The first kappa shape index (κ1) is 12.9. The summed E-state index contributed by atoms with van der Waals surface area (Å²) in [6, 6.07) is 5.94. The lowest BCUT2D eigenvalue weighted by Crippen LogP contribution is -2.06. The van der Waals surface area contributed by atoms with E-state index in [4.69, 9.17) is 17.3 Å². The molecular weight excluding hydrogens is 274 g/mol. The molecule has 0 amide bonds. The van der Waals surface area contributed by atoms with Crippen LogP contribution in [0.15, 0.2) is 35.4 Å². The van der Waals surface area contributed by atoms with Crippen molar-refractivity contribution in [3.63, 3.8) is 0 Å². The van der Waals surface area contributed by atoms with Gasteiger partial charge < -0.3 is 5.73 Å². The summed E-state index contributed by atoms with van der Waals surface area (Å²) in [5, 5.41) is 4.27. The molecule has 5 nitrogen and oxygen atoms in total. The normalized spacial score (nSPS) is 11.7. The van der Waals surface area contributed by atoms with Crippen molar-refractivity contribution in [1.29, 1.82) is 0 Å². The van der Waals surface area contributed by atoms with E-state index in [9.17, 15) is 8.42 Å². The molecular formula is C11H12ClN3O2S. The largest absolute Gasteiger partial charge is 0.398 e. The molecule has 0 radical (unpaired) electrons. The summed E-state index contributed by atoms with van der Waals surface area (Å²) in [7, 11) is -1.72. The molecule has 0 bridgehead atoms. The van der Waals surface area contributed by atoms with Gasteiger partial charge in [-0.25, -0.2) is 8.42 Å². The molecule has 0 fully saturated rings. The molecule has 7 heteroatoms. The molecule has 2 rings (SSSR count). The fraction of sp³-hybridized carbons (Fsp3) is 0.182. The summed E-state index contributed by atoms with van der Waals surface area (Å²) in [4.78, 5) is 0.146. The average molecular weight is 286 g/mol. The molecule has 1 aromatic carbocycles. The zero-order valence-electron chi connectivity index (χ0n) is 9.67. The van der Waals surface area contributed by atoms with Gasteiger partial charge in [0.05, 0.1) is 27.1 Å². The summed E-state index contributed by atoms with van der Waals surface area (Å²) in [5.41, 5.74) is 6.39. The van der Waals surface area contributed by atoms with Crippen LogP contribution in [0.25, 0.3) is 0 Å². The van der Waals surface area contributed by atoms with E-state index in [1.807, 2.05) is 0 Å². The second-order valence-corrected chi connectivity index (χ2v) is 6.32. The number of aromatic nitrogens is 2. The minimum Gasteiger partial charge on any atom is -0.398 e. The molecule has 0 aliphatic rings. The predicted octanol–water partition coefficient (Wildman–Crippen LogP) is 1.63. The SMILES string of the molecule is Cn1ccc(CS(=O)(=O)c2ccc(N)c(Cl)c2)n1. The van der Waals surface area contributed by atoms with Gasteiger partial charge in [-0.15, -0.1) is 0 Å². The molecule has 18 heavy (non-hydrogen) atoms. The van der Waals surface area contributed by atoms with E-state index in [1.165, 1.54) is 18.2 Å². The van der Waals surface area contributed by atoms with Gasteiger partial charge in [0, 0.05) is 13.2 Å². The lowest BCUT2D eigenvalue weighted by atomic mass is 10.3. The Morgan fingerprint density at radius 1 is 1.39 bits per heavy atom. The number of benzene rings is 1. The van der Waals surface area contributed by atoms with Crippen molar-refractivity contribution in [2.45, 2.75) is 10.6 Å². The van der Waals surface area contributed by atoms with Gasteiger partial charge in [-0.2, -0.15) is 5.10 Å². The van der Waals surface area contributed by atoms with Gasteiger partial charge in [-0.1, -0.05) is 11.6 Å². The fourth-order valence-corrected chi connectivity index (χ4v) is 3.05. The third-order valence-corrected chi connectivity index (χ3v) is 4.41. The van der Waals surface area contributed by atoms with Gasteiger partial charge in [-0.05, 0) is 24.3 Å². The van der Waals surface area contributed by atoms with Gasteiger partial charge >= 0.3 is 0 Å². The van der Waals surface area contributed by atoms with Crippen molar-refractivity contribution >= 4 is 27.1 Å². The highest BCUT2D eigenvalue weighted by molar-refractivity contribution is 7.90. The Morgan fingerprint density at radius 3 is 2.67 bits per heavy atom. The van der Waals surface area contributed by atoms with E-state index < -0.39 is 9.84 Å². The average Bonchev–Trinajstić information content (AvgIpc) is 2.67. The highest BCUT2D eigenvalue weighted by Gasteiger charge is 2.17. The number of halogens is 1.